The van der Waals surface area contributed by atoms with E-state index in [-0.39, 0.29) is 23.9 Å². The minimum atomic E-state index is -0.128. The lowest BCUT2D eigenvalue weighted by molar-refractivity contribution is 0.0950. The molecule has 2 aromatic carbocycles. The number of benzene rings is 2. The van der Waals surface area contributed by atoms with E-state index in [9.17, 15) is 9.59 Å². The first-order valence-electron chi connectivity index (χ1n) is 10.1. The number of urea groups is 1. The fourth-order valence-corrected chi connectivity index (χ4v) is 3.83. The Morgan fingerprint density at radius 1 is 1.17 bits per heavy atom. The van der Waals surface area contributed by atoms with Crippen molar-refractivity contribution >= 4 is 23.5 Å². The van der Waals surface area contributed by atoms with Crippen LogP contribution in [0.5, 0.6) is 0 Å². The van der Waals surface area contributed by atoms with Gasteiger partial charge in [-0.25, -0.2) is 4.79 Å². The highest BCUT2D eigenvalue weighted by Gasteiger charge is 2.25. The molecule has 0 bridgehead atoms. The number of hydrogen-bond donors (Lipinski definition) is 2. The van der Waals surface area contributed by atoms with E-state index in [1.807, 2.05) is 67.3 Å². The van der Waals surface area contributed by atoms with Gasteiger partial charge in [-0.1, -0.05) is 41.9 Å². The van der Waals surface area contributed by atoms with Crippen LogP contribution in [0.15, 0.2) is 48.5 Å². The van der Waals surface area contributed by atoms with Gasteiger partial charge in [-0.3, -0.25) is 4.79 Å². The van der Waals surface area contributed by atoms with Crippen molar-refractivity contribution in [1.82, 2.24) is 15.5 Å². The molecule has 1 fully saturated rings. The fraction of sp³-hybridized carbons (Fsp3) is 0.391. The molecule has 0 saturated carbocycles. The van der Waals surface area contributed by atoms with Gasteiger partial charge in [0.1, 0.15) is 0 Å². The van der Waals surface area contributed by atoms with Crippen molar-refractivity contribution in [2.45, 2.75) is 45.2 Å². The Hall–Kier alpha value is -2.53. The third-order valence-corrected chi connectivity index (χ3v) is 5.51. The average molecular weight is 414 g/mol. The number of carbonyl (C=O) groups is 2. The van der Waals surface area contributed by atoms with Gasteiger partial charge in [0.15, 0.2) is 0 Å². The molecular weight excluding hydrogens is 386 g/mol. The van der Waals surface area contributed by atoms with E-state index < -0.39 is 0 Å². The van der Waals surface area contributed by atoms with Crippen LogP contribution in [0.1, 0.15) is 54.1 Å². The first-order valence-corrected chi connectivity index (χ1v) is 10.5. The summed E-state index contributed by atoms with van der Waals surface area (Å²) in [7, 11) is 0. The summed E-state index contributed by atoms with van der Waals surface area (Å²) in [4.78, 5) is 26.9. The van der Waals surface area contributed by atoms with Crippen LogP contribution in [0, 0.1) is 0 Å². The molecule has 1 saturated heterocycles. The van der Waals surface area contributed by atoms with Crippen LogP contribution < -0.4 is 10.6 Å². The maximum atomic E-state index is 12.6. The summed E-state index contributed by atoms with van der Waals surface area (Å²) in [6.45, 7) is 5.75. The van der Waals surface area contributed by atoms with Gasteiger partial charge >= 0.3 is 6.03 Å². The molecule has 0 unspecified atom stereocenters. The Kier molecular flexibility index (Phi) is 7.15. The van der Waals surface area contributed by atoms with E-state index in [0.29, 0.717) is 23.7 Å². The predicted molar refractivity (Wildman–Crippen MR) is 116 cm³/mol. The second kappa shape index (κ2) is 9.79. The third kappa shape index (κ3) is 5.73. The van der Waals surface area contributed by atoms with Gasteiger partial charge < -0.3 is 15.5 Å². The minimum Gasteiger partial charge on any atom is -0.348 e. The predicted octanol–water partition coefficient (Wildman–Crippen LogP) is 4.57. The van der Waals surface area contributed by atoms with Crippen molar-refractivity contribution in [3.05, 3.63) is 70.2 Å². The number of amides is 3. The second-order valence-electron chi connectivity index (χ2n) is 7.79. The molecule has 3 amide bonds. The van der Waals surface area contributed by atoms with Gasteiger partial charge in [0, 0.05) is 42.2 Å². The van der Waals surface area contributed by atoms with Crippen molar-refractivity contribution in [3.8, 4) is 0 Å². The van der Waals surface area contributed by atoms with Gasteiger partial charge in [0.2, 0.25) is 0 Å². The lowest BCUT2D eigenvalue weighted by atomic mass is 9.89. The third-order valence-electron chi connectivity index (χ3n) is 5.14. The quantitative estimate of drug-likeness (QED) is 0.754. The van der Waals surface area contributed by atoms with Crippen molar-refractivity contribution in [3.63, 3.8) is 0 Å². The number of piperidine rings is 1. The Balaban J connectivity index is 1.64. The van der Waals surface area contributed by atoms with E-state index in [2.05, 4.69) is 10.6 Å². The molecule has 0 aromatic heterocycles. The summed E-state index contributed by atoms with van der Waals surface area (Å²) in [6.07, 6.45) is 1.97. The molecule has 2 aromatic rings. The molecule has 0 radical (unpaired) electrons. The molecule has 3 rings (SSSR count). The maximum absolute atomic E-state index is 12.6. The van der Waals surface area contributed by atoms with Gasteiger partial charge in [-0.2, -0.15) is 0 Å². The van der Waals surface area contributed by atoms with Crippen molar-refractivity contribution in [2.24, 2.45) is 0 Å². The zero-order chi connectivity index (χ0) is 20.8. The summed E-state index contributed by atoms with van der Waals surface area (Å²) in [5.74, 6) is 0.106. The van der Waals surface area contributed by atoms with Crippen molar-refractivity contribution < 1.29 is 9.59 Å². The van der Waals surface area contributed by atoms with E-state index in [0.717, 1.165) is 30.5 Å². The highest BCUT2D eigenvalue weighted by molar-refractivity contribution is 6.31. The Morgan fingerprint density at radius 2 is 1.97 bits per heavy atom. The van der Waals surface area contributed by atoms with E-state index in [1.165, 1.54) is 0 Å². The van der Waals surface area contributed by atoms with Crippen LogP contribution in [-0.2, 0) is 6.54 Å². The molecular formula is C23H28ClN3O2. The zero-order valence-electron chi connectivity index (χ0n) is 17.0. The number of halogens is 1. The lowest BCUT2D eigenvalue weighted by Crippen LogP contribution is -2.47. The van der Waals surface area contributed by atoms with E-state index in [4.69, 9.17) is 11.6 Å². The van der Waals surface area contributed by atoms with Crippen LogP contribution in [0.2, 0.25) is 5.02 Å². The molecule has 1 heterocycles. The first kappa shape index (κ1) is 21.2. The molecule has 0 aliphatic carbocycles. The summed E-state index contributed by atoms with van der Waals surface area (Å²) in [6, 6.07) is 15.3. The molecule has 6 heteroatoms. The topological polar surface area (TPSA) is 61.4 Å². The highest BCUT2D eigenvalue weighted by Crippen LogP contribution is 2.27. The molecule has 0 spiro atoms. The Bertz CT molecular complexity index is 869. The zero-order valence-corrected chi connectivity index (χ0v) is 17.7. The van der Waals surface area contributed by atoms with Crippen molar-refractivity contribution in [2.75, 3.05) is 13.1 Å². The standard InChI is InChI=1S/C23H28ClN3O2/c1-16(2)26-23(29)27-12-6-10-20(15-27)17-8-5-9-18(13-17)22(28)25-14-19-7-3-4-11-21(19)24/h3-5,7-9,11,13,16,20H,6,10,12,14-15H2,1-2H3,(H,25,28)(H,26,29)/t20-/m1/s1. The Labute approximate surface area is 177 Å². The first-order chi connectivity index (χ1) is 13.9. The summed E-state index contributed by atoms with van der Waals surface area (Å²) < 4.78 is 0. The number of nitrogens with zero attached hydrogens (tertiary/aromatic N) is 1. The smallest absolute Gasteiger partial charge is 0.317 e. The Morgan fingerprint density at radius 3 is 2.72 bits per heavy atom. The molecule has 1 aliphatic rings. The maximum Gasteiger partial charge on any atom is 0.317 e. The number of likely N-dealkylation sites (tertiary alicyclic amines) is 1. The molecule has 2 N–H and O–H groups in total. The van der Waals surface area contributed by atoms with Crippen LogP contribution in [-0.4, -0.2) is 36.0 Å². The van der Waals surface area contributed by atoms with Gasteiger partial charge in [0.05, 0.1) is 0 Å². The molecule has 154 valence electrons. The number of rotatable bonds is 5. The van der Waals surface area contributed by atoms with Crippen LogP contribution >= 0.6 is 11.6 Å². The van der Waals surface area contributed by atoms with Crippen LogP contribution in [0.25, 0.3) is 0 Å². The van der Waals surface area contributed by atoms with Crippen LogP contribution in [0.4, 0.5) is 4.79 Å². The number of hydrogen-bond acceptors (Lipinski definition) is 2. The summed E-state index contributed by atoms with van der Waals surface area (Å²) in [5, 5.41) is 6.54. The van der Waals surface area contributed by atoms with Gasteiger partial charge in [-0.15, -0.1) is 0 Å². The normalized spacial score (nSPS) is 16.6. The van der Waals surface area contributed by atoms with Gasteiger partial charge in [-0.05, 0) is 56.0 Å². The fourth-order valence-electron chi connectivity index (χ4n) is 3.63. The monoisotopic (exact) mass is 413 g/mol. The van der Waals surface area contributed by atoms with Gasteiger partial charge in [0.25, 0.3) is 5.91 Å². The van der Waals surface area contributed by atoms with E-state index in [1.54, 1.807) is 0 Å². The molecule has 1 aliphatic heterocycles. The largest absolute Gasteiger partial charge is 0.348 e. The van der Waals surface area contributed by atoms with E-state index >= 15 is 0 Å². The van der Waals surface area contributed by atoms with Crippen LogP contribution in [0.3, 0.4) is 0 Å². The second-order valence-corrected chi connectivity index (χ2v) is 8.20. The number of carbonyl (C=O) groups excluding carboxylic acids is 2. The SMILES string of the molecule is CC(C)NC(=O)N1CCC[C@@H](c2cccc(C(=O)NCc3ccccc3Cl)c2)C1. The minimum absolute atomic E-state index is 0.0154. The molecule has 29 heavy (non-hydrogen) atoms. The molecule has 5 nitrogen and oxygen atoms in total. The summed E-state index contributed by atoms with van der Waals surface area (Å²) >= 11 is 6.16. The highest BCUT2D eigenvalue weighted by atomic mass is 35.5. The number of nitrogens with one attached hydrogen (secondary N) is 2. The lowest BCUT2D eigenvalue weighted by Gasteiger charge is -2.33. The molecule has 1 atom stereocenters. The van der Waals surface area contributed by atoms with Crippen molar-refractivity contribution in [1.29, 1.82) is 0 Å². The summed E-state index contributed by atoms with van der Waals surface area (Å²) in [5.41, 5.74) is 2.61. The average Bonchev–Trinajstić information content (AvgIpc) is 2.72.